The average Bonchev–Trinajstić information content (AvgIpc) is 2.40. The van der Waals surface area contributed by atoms with Crippen molar-refractivity contribution in [3.05, 3.63) is 31.8 Å². The van der Waals surface area contributed by atoms with Crippen molar-refractivity contribution < 1.29 is 4.79 Å². The number of benzene rings is 1. The number of halogens is 3. The van der Waals surface area contributed by atoms with Gasteiger partial charge in [0.2, 0.25) is 0 Å². The molecule has 1 amide bonds. The minimum Gasteiger partial charge on any atom is -0.335 e. The second-order valence-electron chi connectivity index (χ2n) is 4.43. The van der Waals surface area contributed by atoms with E-state index in [0.29, 0.717) is 6.04 Å². The maximum absolute atomic E-state index is 12.6. The number of likely N-dealkylation sites (tertiary alicyclic amines) is 1. The van der Waals surface area contributed by atoms with Crippen LogP contribution >= 0.6 is 54.5 Å². The quantitative estimate of drug-likeness (QED) is 0.447. The molecule has 98 valence electrons. The van der Waals surface area contributed by atoms with Crippen LogP contribution in [0.2, 0.25) is 0 Å². The van der Waals surface area contributed by atoms with Crippen LogP contribution in [0.5, 0.6) is 0 Å². The molecule has 1 aromatic rings. The third-order valence-electron chi connectivity index (χ3n) is 3.22. The first-order valence-electron chi connectivity index (χ1n) is 5.95. The molecule has 0 aromatic heterocycles. The van der Waals surface area contributed by atoms with Gasteiger partial charge in [0.25, 0.3) is 5.91 Å². The molecule has 5 heteroatoms. The second kappa shape index (κ2) is 6.70. The summed E-state index contributed by atoms with van der Waals surface area (Å²) in [4.78, 5) is 14.6. The summed E-state index contributed by atoms with van der Waals surface area (Å²) in [7, 11) is 0. The van der Waals surface area contributed by atoms with Crippen molar-refractivity contribution in [1.29, 1.82) is 0 Å². The van der Waals surface area contributed by atoms with Crippen molar-refractivity contribution in [3.63, 3.8) is 0 Å². The zero-order valence-electron chi connectivity index (χ0n) is 9.83. The fraction of sp³-hybridized carbons (Fsp3) is 0.462. The molecule has 0 radical (unpaired) electrons. The lowest BCUT2D eigenvalue weighted by atomic mass is 10.0. The lowest BCUT2D eigenvalue weighted by molar-refractivity contribution is 0.0640. The van der Waals surface area contributed by atoms with E-state index in [1.807, 2.05) is 23.1 Å². The average molecular weight is 487 g/mol. The van der Waals surface area contributed by atoms with Crippen molar-refractivity contribution in [3.8, 4) is 0 Å². The minimum absolute atomic E-state index is 0.157. The second-order valence-corrected chi connectivity index (χ2v) is 7.15. The first-order valence-corrected chi connectivity index (χ1v) is 8.95. The minimum atomic E-state index is 0.157. The highest BCUT2D eigenvalue weighted by molar-refractivity contribution is 14.1. The zero-order valence-corrected chi connectivity index (χ0v) is 15.2. The molecule has 1 saturated heterocycles. The number of amides is 1. The predicted octanol–water partition coefficient (Wildman–Crippen LogP) is 4.44. The molecule has 2 rings (SSSR count). The van der Waals surface area contributed by atoms with Gasteiger partial charge in [-0.2, -0.15) is 0 Å². The third-order valence-corrected chi connectivity index (χ3v) is 5.41. The molecule has 18 heavy (non-hydrogen) atoms. The van der Waals surface area contributed by atoms with Crippen LogP contribution in [0.4, 0.5) is 0 Å². The van der Waals surface area contributed by atoms with Crippen molar-refractivity contribution in [2.75, 3.05) is 11.9 Å². The SMILES string of the molecule is O=C(c1cc(Br)ccc1I)N1CCCCC1CBr. The monoisotopic (exact) mass is 485 g/mol. The Bertz CT molecular complexity index is 453. The van der Waals surface area contributed by atoms with Crippen LogP contribution in [0.25, 0.3) is 0 Å². The number of carbonyl (C=O) groups excluding carboxylic acids is 1. The van der Waals surface area contributed by atoms with Gasteiger partial charge in [-0.15, -0.1) is 0 Å². The summed E-state index contributed by atoms with van der Waals surface area (Å²) in [6, 6.07) is 6.20. The Morgan fingerprint density at radius 2 is 2.22 bits per heavy atom. The van der Waals surface area contributed by atoms with Crippen LogP contribution in [0.3, 0.4) is 0 Å². The third kappa shape index (κ3) is 3.28. The van der Waals surface area contributed by atoms with Crippen LogP contribution in [-0.4, -0.2) is 28.7 Å². The molecule has 1 atom stereocenters. The van der Waals surface area contributed by atoms with E-state index in [-0.39, 0.29) is 5.91 Å². The fourth-order valence-corrected chi connectivity index (χ4v) is 3.85. The molecule has 1 aliphatic heterocycles. The van der Waals surface area contributed by atoms with Crippen molar-refractivity contribution in [2.24, 2.45) is 0 Å². The zero-order chi connectivity index (χ0) is 13.1. The molecule has 0 N–H and O–H groups in total. The van der Waals surface area contributed by atoms with E-state index in [1.54, 1.807) is 0 Å². The van der Waals surface area contributed by atoms with E-state index in [1.165, 1.54) is 6.42 Å². The fourth-order valence-electron chi connectivity index (χ4n) is 2.24. The van der Waals surface area contributed by atoms with Gasteiger partial charge in [0.15, 0.2) is 0 Å². The number of nitrogens with zero attached hydrogens (tertiary/aromatic N) is 1. The largest absolute Gasteiger partial charge is 0.335 e. The summed E-state index contributed by atoms with van der Waals surface area (Å²) in [5.74, 6) is 0.157. The van der Waals surface area contributed by atoms with Gasteiger partial charge in [-0.3, -0.25) is 4.79 Å². The standard InChI is InChI=1S/C13H14Br2INO/c14-8-10-3-1-2-6-17(10)13(18)11-7-9(15)4-5-12(11)16/h4-5,7,10H,1-3,6,8H2. The van der Waals surface area contributed by atoms with Crippen LogP contribution < -0.4 is 0 Å². The first kappa shape index (κ1) is 14.8. The number of carbonyl (C=O) groups is 1. The van der Waals surface area contributed by atoms with Gasteiger partial charge < -0.3 is 4.90 Å². The summed E-state index contributed by atoms with van der Waals surface area (Å²) in [5.41, 5.74) is 0.804. The Labute approximate surface area is 138 Å². The maximum atomic E-state index is 12.6. The van der Waals surface area contributed by atoms with Crippen molar-refractivity contribution >= 4 is 60.4 Å². The van der Waals surface area contributed by atoms with Crippen molar-refractivity contribution in [1.82, 2.24) is 4.90 Å². The lowest BCUT2D eigenvalue weighted by Gasteiger charge is -2.35. The van der Waals surface area contributed by atoms with Gasteiger partial charge in [0.1, 0.15) is 0 Å². The van der Waals surface area contributed by atoms with E-state index in [4.69, 9.17) is 0 Å². The highest BCUT2D eigenvalue weighted by Gasteiger charge is 2.27. The molecule has 2 nitrogen and oxygen atoms in total. The van der Waals surface area contributed by atoms with E-state index < -0.39 is 0 Å². The van der Waals surface area contributed by atoms with Crippen LogP contribution in [0.15, 0.2) is 22.7 Å². The predicted molar refractivity (Wildman–Crippen MR) is 89.3 cm³/mol. The van der Waals surface area contributed by atoms with Gasteiger partial charge in [-0.05, 0) is 60.1 Å². The Morgan fingerprint density at radius 3 is 2.94 bits per heavy atom. The van der Waals surface area contributed by atoms with Gasteiger partial charge in [-0.25, -0.2) is 0 Å². The maximum Gasteiger partial charge on any atom is 0.255 e. The smallest absolute Gasteiger partial charge is 0.255 e. The summed E-state index contributed by atoms with van der Waals surface area (Å²) < 4.78 is 1.97. The highest BCUT2D eigenvalue weighted by atomic mass is 127. The number of hydrogen-bond donors (Lipinski definition) is 0. The Kier molecular flexibility index (Phi) is 5.50. The van der Waals surface area contributed by atoms with Crippen LogP contribution in [-0.2, 0) is 0 Å². The van der Waals surface area contributed by atoms with Gasteiger partial charge in [0.05, 0.1) is 5.56 Å². The van der Waals surface area contributed by atoms with E-state index in [2.05, 4.69) is 54.5 Å². The van der Waals surface area contributed by atoms with Crippen LogP contribution in [0.1, 0.15) is 29.6 Å². The molecular weight excluding hydrogens is 473 g/mol. The number of alkyl halides is 1. The molecule has 0 aliphatic carbocycles. The van der Waals surface area contributed by atoms with E-state index >= 15 is 0 Å². The molecule has 0 bridgehead atoms. The number of hydrogen-bond acceptors (Lipinski definition) is 1. The molecule has 1 aliphatic rings. The summed E-state index contributed by atoms with van der Waals surface area (Å²) in [5, 5.41) is 0.864. The lowest BCUT2D eigenvalue weighted by Crippen LogP contribution is -2.44. The van der Waals surface area contributed by atoms with E-state index in [9.17, 15) is 4.79 Å². The van der Waals surface area contributed by atoms with Gasteiger partial charge >= 0.3 is 0 Å². The Hall–Kier alpha value is 0.380. The Morgan fingerprint density at radius 1 is 1.44 bits per heavy atom. The topological polar surface area (TPSA) is 20.3 Å². The molecule has 0 saturated carbocycles. The molecular formula is C13H14Br2INO. The normalized spacial score (nSPS) is 19.9. The molecule has 1 fully saturated rings. The molecule has 0 spiro atoms. The number of rotatable bonds is 2. The summed E-state index contributed by atoms with van der Waals surface area (Å²) in [6.45, 7) is 0.873. The highest BCUT2D eigenvalue weighted by Crippen LogP contribution is 2.25. The first-order chi connectivity index (χ1) is 8.63. The molecule has 1 heterocycles. The van der Waals surface area contributed by atoms with E-state index in [0.717, 1.165) is 38.3 Å². The molecule has 1 aromatic carbocycles. The number of piperidine rings is 1. The molecule has 1 unspecified atom stereocenters. The summed E-state index contributed by atoms with van der Waals surface area (Å²) in [6.07, 6.45) is 3.43. The van der Waals surface area contributed by atoms with Crippen molar-refractivity contribution in [2.45, 2.75) is 25.3 Å². The van der Waals surface area contributed by atoms with Crippen LogP contribution in [0, 0.1) is 3.57 Å². The van der Waals surface area contributed by atoms with Gasteiger partial charge in [0, 0.05) is 26.0 Å². The van der Waals surface area contributed by atoms with Gasteiger partial charge in [-0.1, -0.05) is 31.9 Å². The summed E-state index contributed by atoms with van der Waals surface area (Å²) >= 11 is 9.19. The Balaban J connectivity index is 2.26.